The predicted octanol–water partition coefficient (Wildman–Crippen LogP) is 7.86. The number of aromatic nitrogens is 4. The Morgan fingerprint density at radius 2 is 1.45 bits per heavy atom. The molecule has 6 rings (SSSR count). The zero-order chi connectivity index (χ0) is 33.2. The van der Waals surface area contributed by atoms with Crippen LogP contribution in [0.4, 0.5) is 4.39 Å². The standard InChI is InChI=1S/C23H17N3O.C16H14FNO2/c27-22(18-8-3-1-4-9-18)14-13-20-17-26(21-11-5-2-6-12-21)25-23(20)19-10-7-15-24-16-19;1-10-9-11(2)18-16(20)15(10)14(19)8-7-12-5-3-4-6-13(12)17/h1-17H;3-9H,1-2H3,(H,18,20)/b14-13+;8-7+. The van der Waals surface area contributed by atoms with E-state index in [0.29, 0.717) is 22.4 Å². The summed E-state index contributed by atoms with van der Waals surface area (Å²) in [4.78, 5) is 43.0. The summed E-state index contributed by atoms with van der Waals surface area (Å²) in [6, 6.07) is 30.8. The number of nitrogens with zero attached hydrogens (tertiary/aromatic N) is 3. The predicted molar refractivity (Wildman–Crippen MR) is 183 cm³/mol. The molecule has 0 aliphatic rings. The summed E-state index contributed by atoms with van der Waals surface area (Å²) in [6.45, 7) is 3.45. The third kappa shape index (κ3) is 8.26. The first-order chi connectivity index (χ1) is 22.8. The van der Waals surface area contributed by atoms with E-state index in [9.17, 15) is 18.8 Å². The molecule has 0 fully saturated rings. The van der Waals surface area contributed by atoms with Crippen molar-refractivity contribution in [3.8, 4) is 16.9 Å². The number of nitrogens with one attached hydrogen (secondary N) is 1. The molecule has 0 atom stereocenters. The number of para-hydroxylation sites is 1. The van der Waals surface area contributed by atoms with Gasteiger partial charge >= 0.3 is 0 Å². The molecule has 0 aliphatic heterocycles. The van der Waals surface area contributed by atoms with Crippen molar-refractivity contribution in [1.29, 1.82) is 0 Å². The molecule has 0 bridgehead atoms. The third-order valence-electron chi connectivity index (χ3n) is 7.10. The fraction of sp³-hybridized carbons (Fsp3) is 0.0513. The number of ketones is 2. The van der Waals surface area contributed by atoms with Gasteiger partial charge in [0.2, 0.25) is 0 Å². The van der Waals surface area contributed by atoms with Gasteiger partial charge in [-0.15, -0.1) is 0 Å². The van der Waals surface area contributed by atoms with Crippen molar-refractivity contribution in [1.82, 2.24) is 19.7 Å². The molecule has 0 radical (unpaired) electrons. The number of H-pyrrole nitrogens is 1. The number of hydrogen-bond donors (Lipinski definition) is 1. The van der Waals surface area contributed by atoms with E-state index in [2.05, 4.69) is 9.97 Å². The van der Waals surface area contributed by atoms with Crippen LogP contribution in [0.3, 0.4) is 0 Å². The van der Waals surface area contributed by atoms with Crippen LogP contribution in [-0.2, 0) is 0 Å². The van der Waals surface area contributed by atoms with Gasteiger partial charge in [-0.3, -0.25) is 19.4 Å². The van der Waals surface area contributed by atoms with Crippen LogP contribution in [0.25, 0.3) is 29.1 Å². The summed E-state index contributed by atoms with van der Waals surface area (Å²) < 4.78 is 15.2. The number of rotatable bonds is 8. The molecule has 0 spiro atoms. The number of halogens is 1. The van der Waals surface area contributed by atoms with E-state index in [4.69, 9.17) is 5.10 Å². The average molecular weight is 623 g/mol. The highest BCUT2D eigenvalue weighted by Crippen LogP contribution is 2.24. The van der Waals surface area contributed by atoms with E-state index in [0.717, 1.165) is 22.5 Å². The Balaban J connectivity index is 0.000000194. The number of aromatic amines is 1. The maximum atomic E-state index is 13.4. The highest BCUT2D eigenvalue weighted by molar-refractivity contribution is 6.08. The van der Waals surface area contributed by atoms with Crippen molar-refractivity contribution >= 4 is 23.7 Å². The van der Waals surface area contributed by atoms with Crippen molar-refractivity contribution in [2.45, 2.75) is 13.8 Å². The van der Waals surface area contributed by atoms with Gasteiger partial charge in [-0.25, -0.2) is 9.07 Å². The summed E-state index contributed by atoms with van der Waals surface area (Å²) in [5.41, 5.74) is 5.43. The molecular weight excluding hydrogens is 591 g/mol. The van der Waals surface area contributed by atoms with Gasteiger partial charge in [-0.1, -0.05) is 66.7 Å². The Morgan fingerprint density at radius 3 is 2.13 bits per heavy atom. The highest BCUT2D eigenvalue weighted by atomic mass is 19.1. The van der Waals surface area contributed by atoms with Crippen LogP contribution in [0.1, 0.15) is 43.1 Å². The Morgan fingerprint density at radius 1 is 0.787 bits per heavy atom. The molecule has 7 nitrogen and oxygen atoms in total. The quantitative estimate of drug-likeness (QED) is 0.138. The second kappa shape index (κ2) is 15.1. The molecule has 0 unspecified atom stereocenters. The lowest BCUT2D eigenvalue weighted by molar-refractivity contribution is 0.103. The molecule has 1 N–H and O–H groups in total. The number of carbonyl (C=O) groups excluding carboxylic acids is 2. The van der Waals surface area contributed by atoms with E-state index in [1.807, 2.05) is 89.8 Å². The first-order valence-electron chi connectivity index (χ1n) is 14.8. The molecule has 8 heteroatoms. The maximum absolute atomic E-state index is 13.4. The van der Waals surface area contributed by atoms with Crippen molar-refractivity contribution in [3.63, 3.8) is 0 Å². The van der Waals surface area contributed by atoms with E-state index in [1.54, 1.807) is 56.6 Å². The van der Waals surface area contributed by atoms with Gasteiger partial charge in [0.15, 0.2) is 11.6 Å². The first-order valence-corrected chi connectivity index (χ1v) is 14.8. The number of pyridine rings is 2. The number of carbonyl (C=O) groups is 2. The molecule has 0 saturated heterocycles. The summed E-state index contributed by atoms with van der Waals surface area (Å²) in [7, 11) is 0. The summed E-state index contributed by atoms with van der Waals surface area (Å²) in [5.74, 6) is -0.890. The summed E-state index contributed by atoms with van der Waals surface area (Å²) in [6.07, 6.45) is 11.4. The molecule has 0 saturated carbocycles. The molecule has 232 valence electrons. The van der Waals surface area contributed by atoms with E-state index >= 15 is 0 Å². The van der Waals surface area contributed by atoms with Gasteiger partial charge in [0.1, 0.15) is 11.5 Å². The zero-order valence-corrected chi connectivity index (χ0v) is 25.8. The minimum atomic E-state index is -0.438. The van der Waals surface area contributed by atoms with Crippen LogP contribution < -0.4 is 5.56 Å². The van der Waals surface area contributed by atoms with Crippen molar-refractivity contribution in [2.24, 2.45) is 0 Å². The van der Waals surface area contributed by atoms with Gasteiger partial charge in [-0.05, 0) is 80.1 Å². The normalized spacial score (nSPS) is 11.0. The third-order valence-corrected chi connectivity index (χ3v) is 7.10. The van der Waals surface area contributed by atoms with Crippen molar-refractivity contribution in [3.05, 3.63) is 184 Å². The highest BCUT2D eigenvalue weighted by Gasteiger charge is 2.13. The lowest BCUT2D eigenvalue weighted by atomic mass is 10.0. The maximum Gasteiger partial charge on any atom is 0.259 e. The van der Waals surface area contributed by atoms with Crippen LogP contribution in [0.2, 0.25) is 0 Å². The molecule has 3 aromatic heterocycles. The van der Waals surface area contributed by atoms with Gasteiger partial charge < -0.3 is 4.98 Å². The second-order valence-corrected chi connectivity index (χ2v) is 10.6. The molecular formula is C39H31FN4O3. The lowest BCUT2D eigenvalue weighted by Crippen LogP contribution is -2.19. The lowest BCUT2D eigenvalue weighted by Gasteiger charge is -2.02. The topological polar surface area (TPSA) is 97.7 Å². The van der Waals surface area contributed by atoms with Crippen molar-refractivity contribution in [2.75, 3.05) is 0 Å². The zero-order valence-electron chi connectivity index (χ0n) is 25.8. The molecule has 6 aromatic rings. The Labute approximate surface area is 271 Å². The number of benzene rings is 3. The van der Waals surface area contributed by atoms with E-state index in [-0.39, 0.29) is 11.3 Å². The monoisotopic (exact) mass is 622 g/mol. The second-order valence-electron chi connectivity index (χ2n) is 10.6. The number of allylic oxidation sites excluding steroid dienone is 2. The fourth-order valence-corrected chi connectivity index (χ4v) is 4.83. The van der Waals surface area contributed by atoms with Crippen LogP contribution in [0.5, 0.6) is 0 Å². The average Bonchev–Trinajstić information content (AvgIpc) is 3.52. The fourth-order valence-electron chi connectivity index (χ4n) is 4.83. The van der Waals surface area contributed by atoms with Gasteiger partial charge in [0.05, 0.1) is 11.3 Å². The first kappa shape index (κ1) is 32.1. The Hall–Kier alpha value is -6.28. The van der Waals surface area contributed by atoms with Gasteiger partial charge in [0.25, 0.3) is 5.56 Å². The minimum Gasteiger partial charge on any atom is -0.326 e. The minimum absolute atomic E-state index is 0.0415. The summed E-state index contributed by atoms with van der Waals surface area (Å²) in [5, 5.41) is 4.72. The molecule has 3 aromatic carbocycles. The molecule has 0 aliphatic carbocycles. The van der Waals surface area contributed by atoms with Crippen LogP contribution in [-0.4, -0.2) is 31.3 Å². The van der Waals surface area contributed by atoms with E-state index < -0.39 is 17.2 Å². The molecule has 47 heavy (non-hydrogen) atoms. The smallest absolute Gasteiger partial charge is 0.259 e. The molecule has 3 heterocycles. The number of aryl methyl sites for hydroxylation is 2. The van der Waals surface area contributed by atoms with Gasteiger partial charge in [0, 0.05) is 46.5 Å². The Kier molecular flexibility index (Phi) is 10.3. The van der Waals surface area contributed by atoms with E-state index in [1.165, 1.54) is 18.2 Å². The van der Waals surface area contributed by atoms with Crippen LogP contribution in [0.15, 0.2) is 139 Å². The SMILES string of the molecule is Cc1cc(C)c(C(=O)/C=C/c2ccccc2F)c(=O)[nH]1.O=C(/C=C/c1cn(-c2ccccc2)nc1-c1cccnc1)c1ccccc1. The largest absolute Gasteiger partial charge is 0.326 e. The van der Waals surface area contributed by atoms with Crippen molar-refractivity contribution < 1.29 is 14.0 Å². The number of hydrogen-bond acceptors (Lipinski definition) is 5. The van der Waals surface area contributed by atoms with Gasteiger partial charge in [-0.2, -0.15) is 5.10 Å². The summed E-state index contributed by atoms with van der Waals surface area (Å²) >= 11 is 0. The molecule has 0 amide bonds. The van der Waals surface area contributed by atoms with Crippen LogP contribution >= 0.6 is 0 Å². The Bertz CT molecular complexity index is 2120. The van der Waals surface area contributed by atoms with Crippen LogP contribution in [0, 0.1) is 19.7 Å².